The molecule has 3 nitrogen and oxygen atoms in total. The Morgan fingerprint density at radius 3 is 2.47 bits per heavy atom. The summed E-state index contributed by atoms with van der Waals surface area (Å²) in [6.07, 6.45) is 0. The first-order chi connectivity index (χ1) is 6.99. The number of methoxy groups -OCH3 is 1. The summed E-state index contributed by atoms with van der Waals surface area (Å²) in [6.45, 7) is 0. The molecule has 0 saturated carbocycles. The molecule has 0 N–H and O–H groups in total. The van der Waals surface area contributed by atoms with Gasteiger partial charge < -0.3 is 4.74 Å². The molecule has 0 bridgehead atoms. The first kappa shape index (κ1) is 11.8. The van der Waals surface area contributed by atoms with E-state index in [0.717, 1.165) is 19.2 Å². The average Bonchev–Trinajstić information content (AvgIpc) is 2.24. The number of Topliss-reactive ketones (excluding diaryl/α,β-unsaturated/α-hetero) is 1. The Hall–Kier alpha value is -1.30. The minimum atomic E-state index is -1.20. The highest BCUT2D eigenvalue weighted by Crippen LogP contribution is 2.22. The molecule has 0 aliphatic heterocycles. The van der Waals surface area contributed by atoms with Crippen LogP contribution in [-0.2, 0) is 9.53 Å². The van der Waals surface area contributed by atoms with Crippen LogP contribution in [0.15, 0.2) is 16.6 Å². The lowest BCUT2D eigenvalue weighted by atomic mass is 10.1. The number of ether oxygens (including phenoxy) is 1. The molecule has 0 spiro atoms. The van der Waals surface area contributed by atoms with Crippen LogP contribution in [-0.4, -0.2) is 18.9 Å². The van der Waals surface area contributed by atoms with Crippen molar-refractivity contribution in [3.8, 4) is 0 Å². The van der Waals surface area contributed by atoms with Gasteiger partial charge >= 0.3 is 5.97 Å². The summed E-state index contributed by atoms with van der Waals surface area (Å²) in [4.78, 5) is 22.0. The van der Waals surface area contributed by atoms with E-state index in [0.29, 0.717) is 0 Å². The number of hydrogen-bond donors (Lipinski definition) is 0. The number of halogens is 3. The Bertz CT molecular complexity index is 432. The fraction of sp³-hybridized carbons (Fsp3) is 0.111. The summed E-state index contributed by atoms with van der Waals surface area (Å²) < 4.78 is 29.7. The van der Waals surface area contributed by atoms with Gasteiger partial charge in [-0.3, -0.25) is 4.79 Å². The quantitative estimate of drug-likeness (QED) is 0.360. The van der Waals surface area contributed by atoms with Gasteiger partial charge in [-0.1, -0.05) is 0 Å². The topological polar surface area (TPSA) is 43.4 Å². The molecule has 0 unspecified atom stereocenters. The van der Waals surface area contributed by atoms with E-state index in [1.54, 1.807) is 0 Å². The Kier molecular flexibility index (Phi) is 3.52. The molecule has 0 aliphatic rings. The number of rotatable bonds is 2. The Balaban J connectivity index is 3.22. The molecule has 0 heterocycles. The number of carbonyl (C=O) groups is 2. The predicted molar refractivity (Wildman–Crippen MR) is 50.4 cm³/mol. The van der Waals surface area contributed by atoms with Crippen LogP contribution in [0.25, 0.3) is 0 Å². The standard InChI is InChI=1S/C9H5BrF2O3/c1-15-9(14)8(13)4-2-3-5(11)6(10)7(4)12/h2-3H,1H3. The maximum atomic E-state index is 13.3. The zero-order valence-electron chi connectivity index (χ0n) is 7.51. The molecule has 0 aromatic heterocycles. The number of hydrogen-bond acceptors (Lipinski definition) is 3. The molecule has 80 valence electrons. The van der Waals surface area contributed by atoms with E-state index >= 15 is 0 Å². The van der Waals surface area contributed by atoms with Crippen molar-refractivity contribution in [1.29, 1.82) is 0 Å². The van der Waals surface area contributed by atoms with Gasteiger partial charge in [-0.25, -0.2) is 13.6 Å². The molecule has 0 fully saturated rings. The Morgan fingerprint density at radius 2 is 1.93 bits per heavy atom. The first-order valence-corrected chi connectivity index (χ1v) is 4.54. The highest BCUT2D eigenvalue weighted by Gasteiger charge is 2.23. The molecule has 1 aromatic carbocycles. The van der Waals surface area contributed by atoms with Gasteiger partial charge in [-0.05, 0) is 28.1 Å². The maximum Gasteiger partial charge on any atom is 0.379 e. The predicted octanol–water partition coefficient (Wildman–Crippen LogP) is 2.08. The number of benzene rings is 1. The smallest absolute Gasteiger partial charge is 0.379 e. The van der Waals surface area contributed by atoms with Gasteiger partial charge in [0.15, 0.2) is 5.82 Å². The van der Waals surface area contributed by atoms with Crippen LogP contribution in [0.4, 0.5) is 8.78 Å². The molecule has 6 heteroatoms. The van der Waals surface area contributed by atoms with Crippen LogP contribution in [0.1, 0.15) is 10.4 Å². The fourth-order valence-corrected chi connectivity index (χ4v) is 1.25. The SMILES string of the molecule is COC(=O)C(=O)c1ccc(F)c(Br)c1F. The summed E-state index contributed by atoms with van der Waals surface area (Å²) in [7, 11) is 0.997. The van der Waals surface area contributed by atoms with E-state index in [4.69, 9.17) is 0 Å². The highest BCUT2D eigenvalue weighted by molar-refractivity contribution is 9.10. The van der Waals surface area contributed by atoms with Crippen molar-refractivity contribution in [2.24, 2.45) is 0 Å². The molecule has 0 atom stereocenters. The third-order valence-corrected chi connectivity index (χ3v) is 2.38. The molecular weight excluding hydrogens is 274 g/mol. The van der Waals surface area contributed by atoms with E-state index in [2.05, 4.69) is 20.7 Å². The van der Waals surface area contributed by atoms with Crippen molar-refractivity contribution >= 4 is 27.7 Å². The van der Waals surface area contributed by atoms with Gasteiger partial charge in [0, 0.05) is 0 Å². The highest BCUT2D eigenvalue weighted by atomic mass is 79.9. The van der Waals surface area contributed by atoms with Gasteiger partial charge in [0.2, 0.25) is 0 Å². The monoisotopic (exact) mass is 278 g/mol. The third kappa shape index (κ3) is 2.20. The van der Waals surface area contributed by atoms with Crippen molar-refractivity contribution in [1.82, 2.24) is 0 Å². The van der Waals surface area contributed by atoms with Gasteiger partial charge in [0.1, 0.15) is 5.82 Å². The van der Waals surface area contributed by atoms with E-state index in [1.807, 2.05) is 0 Å². The largest absolute Gasteiger partial charge is 0.463 e. The minimum absolute atomic E-state index is 0.489. The lowest BCUT2D eigenvalue weighted by Crippen LogP contribution is -2.17. The molecule has 0 aliphatic carbocycles. The minimum Gasteiger partial charge on any atom is -0.463 e. The maximum absolute atomic E-state index is 13.3. The fourth-order valence-electron chi connectivity index (χ4n) is 0.904. The first-order valence-electron chi connectivity index (χ1n) is 3.75. The average molecular weight is 279 g/mol. The second kappa shape index (κ2) is 4.48. The second-order valence-corrected chi connectivity index (χ2v) is 3.34. The Morgan fingerprint density at radius 1 is 1.33 bits per heavy atom. The second-order valence-electron chi connectivity index (χ2n) is 2.54. The third-order valence-electron chi connectivity index (χ3n) is 1.65. The van der Waals surface area contributed by atoms with Crippen LogP contribution >= 0.6 is 15.9 Å². The number of carbonyl (C=O) groups excluding carboxylic acids is 2. The van der Waals surface area contributed by atoms with Crippen LogP contribution in [0.5, 0.6) is 0 Å². The summed E-state index contributed by atoms with van der Waals surface area (Å²) in [5, 5.41) is 0. The zero-order chi connectivity index (χ0) is 11.6. The lowest BCUT2D eigenvalue weighted by Gasteiger charge is -2.03. The van der Waals surface area contributed by atoms with Crippen molar-refractivity contribution in [3.63, 3.8) is 0 Å². The van der Waals surface area contributed by atoms with Crippen molar-refractivity contribution in [2.45, 2.75) is 0 Å². The molecule has 15 heavy (non-hydrogen) atoms. The zero-order valence-corrected chi connectivity index (χ0v) is 9.10. The van der Waals surface area contributed by atoms with E-state index in [9.17, 15) is 18.4 Å². The number of esters is 1. The summed E-state index contributed by atoms with van der Waals surface area (Å²) in [5.74, 6) is -4.33. The van der Waals surface area contributed by atoms with Crippen LogP contribution in [0, 0.1) is 11.6 Å². The number of ketones is 1. The summed E-state index contributed by atoms with van der Waals surface area (Å²) >= 11 is 2.61. The Labute approximate surface area is 92.2 Å². The van der Waals surface area contributed by atoms with Gasteiger partial charge in [-0.15, -0.1) is 0 Å². The summed E-state index contributed by atoms with van der Waals surface area (Å²) in [5.41, 5.74) is -0.532. The molecule has 0 amide bonds. The van der Waals surface area contributed by atoms with Crippen molar-refractivity contribution in [2.75, 3.05) is 7.11 Å². The van der Waals surface area contributed by atoms with E-state index in [-0.39, 0.29) is 0 Å². The molecular formula is C9H5BrF2O3. The van der Waals surface area contributed by atoms with Crippen molar-refractivity contribution in [3.05, 3.63) is 33.8 Å². The summed E-state index contributed by atoms with van der Waals surface area (Å²) in [6, 6.07) is 1.76. The van der Waals surface area contributed by atoms with Crippen LogP contribution in [0.2, 0.25) is 0 Å². The molecule has 0 radical (unpaired) electrons. The van der Waals surface area contributed by atoms with Crippen LogP contribution in [0.3, 0.4) is 0 Å². The lowest BCUT2D eigenvalue weighted by molar-refractivity contribution is -0.135. The van der Waals surface area contributed by atoms with E-state index < -0.39 is 33.4 Å². The van der Waals surface area contributed by atoms with Gasteiger partial charge in [0.25, 0.3) is 5.78 Å². The molecule has 1 aromatic rings. The van der Waals surface area contributed by atoms with Gasteiger partial charge in [-0.2, -0.15) is 0 Å². The van der Waals surface area contributed by atoms with Gasteiger partial charge in [0.05, 0.1) is 17.1 Å². The van der Waals surface area contributed by atoms with Crippen molar-refractivity contribution < 1.29 is 23.1 Å². The van der Waals surface area contributed by atoms with Crippen LogP contribution < -0.4 is 0 Å². The van der Waals surface area contributed by atoms with E-state index in [1.165, 1.54) is 0 Å². The molecule has 1 rings (SSSR count). The molecule has 0 saturated heterocycles. The normalized spacial score (nSPS) is 9.87.